The molecule has 0 aliphatic carbocycles. The average Bonchev–Trinajstić information content (AvgIpc) is 2.87. The van der Waals surface area contributed by atoms with E-state index in [1.165, 1.54) is 12.1 Å². The van der Waals surface area contributed by atoms with Crippen LogP contribution in [0, 0.1) is 17.1 Å². The maximum atomic E-state index is 13.0. The van der Waals surface area contributed by atoms with Gasteiger partial charge in [0.15, 0.2) is 0 Å². The number of thiophene rings is 1. The van der Waals surface area contributed by atoms with Crippen molar-refractivity contribution in [1.82, 2.24) is 5.32 Å². The van der Waals surface area contributed by atoms with Gasteiger partial charge in [0.2, 0.25) is 0 Å². The van der Waals surface area contributed by atoms with Crippen LogP contribution in [-0.4, -0.2) is 0 Å². The van der Waals surface area contributed by atoms with Gasteiger partial charge in [0.05, 0.1) is 11.1 Å². The molecule has 1 aromatic carbocycles. The van der Waals surface area contributed by atoms with Gasteiger partial charge >= 0.3 is 0 Å². The summed E-state index contributed by atoms with van der Waals surface area (Å²) in [6.07, 6.45) is 0. The molecule has 1 unspecified atom stereocenters. The normalized spacial score (nSPS) is 12.1. The van der Waals surface area contributed by atoms with Crippen molar-refractivity contribution in [3.63, 3.8) is 0 Å². The summed E-state index contributed by atoms with van der Waals surface area (Å²) >= 11 is 7.32. The van der Waals surface area contributed by atoms with E-state index in [0.717, 1.165) is 4.88 Å². The lowest BCUT2D eigenvalue weighted by Crippen LogP contribution is -2.18. The summed E-state index contributed by atoms with van der Waals surface area (Å²) in [5.74, 6) is -0.477. The van der Waals surface area contributed by atoms with Crippen molar-refractivity contribution >= 4 is 22.9 Å². The molecule has 0 aliphatic heterocycles. The van der Waals surface area contributed by atoms with Crippen LogP contribution in [0.5, 0.6) is 0 Å². The number of hydrogen-bond donors (Lipinski definition) is 1. The fourth-order valence-electron chi connectivity index (χ4n) is 1.55. The third-order valence-corrected chi connectivity index (χ3v) is 3.63. The van der Waals surface area contributed by atoms with Crippen LogP contribution in [0.1, 0.15) is 16.5 Å². The molecular weight excluding hydrogens is 271 g/mol. The minimum absolute atomic E-state index is 0.0330. The van der Waals surface area contributed by atoms with Gasteiger partial charge < -0.3 is 0 Å². The van der Waals surface area contributed by atoms with Gasteiger partial charge in [-0.15, -0.1) is 11.3 Å². The van der Waals surface area contributed by atoms with E-state index < -0.39 is 11.9 Å². The maximum Gasteiger partial charge on any atom is 0.141 e. The molecule has 1 atom stereocenters. The third kappa shape index (κ3) is 3.08. The summed E-state index contributed by atoms with van der Waals surface area (Å²) in [7, 11) is 0. The quantitative estimate of drug-likeness (QED) is 0.922. The van der Waals surface area contributed by atoms with Gasteiger partial charge in [0, 0.05) is 11.4 Å². The van der Waals surface area contributed by atoms with Crippen LogP contribution in [0.2, 0.25) is 5.02 Å². The molecule has 0 amide bonds. The Balaban J connectivity index is 2.08. The van der Waals surface area contributed by atoms with E-state index >= 15 is 0 Å². The Labute approximate surface area is 114 Å². The standard InChI is InChI=1S/C13H10ClFN2S/c14-11-6-9(3-4-12(11)15)13(7-16)17-8-10-2-1-5-18-10/h1-6,13,17H,8H2. The largest absolute Gasteiger partial charge is 0.293 e. The fourth-order valence-corrected chi connectivity index (χ4v) is 2.39. The van der Waals surface area contributed by atoms with E-state index in [1.54, 1.807) is 17.4 Å². The van der Waals surface area contributed by atoms with Crippen molar-refractivity contribution in [1.29, 1.82) is 5.26 Å². The van der Waals surface area contributed by atoms with E-state index in [1.807, 2.05) is 17.5 Å². The van der Waals surface area contributed by atoms with Crippen molar-refractivity contribution in [3.05, 3.63) is 57.0 Å². The van der Waals surface area contributed by atoms with Crippen LogP contribution in [0.4, 0.5) is 4.39 Å². The first kappa shape index (κ1) is 13.0. The number of benzene rings is 1. The lowest BCUT2D eigenvalue weighted by molar-refractivity contribution is 0.616. The first-order chi connectivity index (χ1) is 8.70. The molecule has 2 rings (SSSR count). The molecule has 2 aromatic rings. The summed E-state index contributed by atoms with van der Waals surface area (Å²) in [5.41, 5.74) is 0.667. The maximum absolute atomic E-state index is 13.0. The Kier molecular flexibility index (Phi) is 4.32. The minimum Gasteiger partial charge on any atom is -0.293 e. The van der Waals surface area contributed by atoms with E-state index in [0.29, 0.717) is 12.1 Å². The van der Waals surface area contributed by atoms with Crippen molar-refractivity contribution in [2.24, 2.45) is 0 Å². The molecule has 1 N–H and O–H groups in total. The van der Waals surface area contributed by atoms with Crippen molar-refractivity contribution in [3.8, 4) is 6.07 Å². The summed E-state index contributed by atoms with van der Waals surface area (Å²) in [4.78, 5) is 1.14. The molecule has 0 saturated carbocycles. The summed E-state index contributed by atoms with van der Waals surface area (Å²) in [6.45, 7) is 0.602. The Morgan fingerprint density at radius 3 is 2.89 bits per heavy atom. The monoisotopic (exact) mass is 280 g/mol. The number of nitrogens with zero attached hydrogens (tertiary/aromatic N) is 1. The first-order valence-electron chi connectivity index (χ1n) is 5.31. The second-order valence-electron chi connectivity index (χ2n) is 3.70. The van der Waals surface area contributed by atoms with Crippen LogP contribution in [0.3, 0.4) is 0 Å². The van der Waals surface area contributed by atoms with Crippen LogP contribution in [0.15, 0.2) is 35.7 Å². The van der Waals surface area contributed by atoms with Crippen LogP contribution in [-0.2, 0) is 6.54 Å². The molecule has 0 spiro atoms. The number of nitriles is 1. The summed E-state index contributed by atoms with van der Waals surface area (Å²) < 4.78 is 13.0. The molecule has 92 valence electrons. The van der Waals surface area contributed by atoms with E-state index in [4.69, 9.17) is 16.9 Å². The molecule has 1 aromatic heterocycles. The number of rotatable bonds is 4. The molecular formula is C13H10ClFN2S. The summed E-state index contributed by atoms with van der Waals surface area (Å²) in [5, 5.41) is 14.2. The Hall–Kier alpha value is -1.41. The SMILES string of the molecule is N#CC(NCc1cccs1)c1ccc(F)c(Cl)c1. The van der Waals surface area contributed by atoms with E-state index in [-0.39, 0.29) is 5.02 Å². The first-order valence-corrected chi connectivity index (χ1v) is 6.57. The highest BCUT2D eigenvalue weighted by Crippen LogP contribution is 2.21. The highest BCUT2D eigenvalue weighted by molar-refractivity contribution is 7.09. The molecule has 1 heterocycles. The van der Waals surface area contributed by atoms with Gasteiger partial charge in [-0.25, -0.2) is 4.39 Å². The highest BCUT2D eigenvalue weighted by Gasteiger charge is 2.12. The van der Waals surface area contributed by atoms with Crippen molar-refractivity contribution in [2.45, 2.75) is 12.6 Å². The molecule has 2 nitrogen and oxygen atoms in total. The molecule has 5 heteroatoms. The van der Waals surface area contributed by atoms with Crippen LogP contribution in [0.25, 0.3) is 0 Å². The van der Waals surface area contributed by atoms with Gasteiger partial charge in [0.25, 0.3) is 0 Å². The molecule has 18 heavy (non-hydrogen) atoms. The average molecular weight is 281 g/mol. The van der Waals surface area contributed by atoms with E-state index in [2.05, 4.69) is 11.4 Å². The zero-order valence-electron chi connectivity index (χ0n) is 9.36. The predicted octanol–water partition coefficient (Wildman–Crippen LogP) is 3.90. The lowest BCUT2D eigenvalue weighted by atomic mass is 10.1. The Morgan fingerprint density at radius 1 is 1.44 bits per heavy atom. The fraction of sp³-hybridized carbons (Fsp3) is 0.154. The zero-order chi connectivity index (χ0) is 13.0. The van der Waals surface area contributed by atoms with Crippen molar-refractivity contribution < 1.29 is 4.39 Å². The smallest absolute Gasteiger partial charge is 0.141 e. The topological polar surface area (TPSA) is 35.8 Å². The van der Waals surface area contributed by atoms with Gasteiger partial charge in [-0.05, 0) is 29.1 Å². The summed E-state index contributed by atoms with van der Waals surface area (Å²) in [6, 6.07) is 9.91. The van der Waals surface area contributed by atoms with Gasteiger partial charge in [0.1, 0.15) is 11.9 Å². The third-order valence-electron chi connectivity index (χ3n) is 2.47. The molecule has 0 saturated heterocycles. The molecule has 0 radical (unpaired) electrons. The Morgan fingerprint density at radius 2 is 2.28 bits per heavy atom. The Bertz CT molecular complexity index is 563. The number of halogens is 2. The zero-order valence-corrected chi connectivity index (χ0v) is 10.9. The van der Waals surface area contributed by atoms with Gasteiger partial charge in [-0.3, -0.25) is 5.32 Å². The predicted molar refractivity (Wildman–Crippen MR) is 70.9 cm³/mol. The van der Waals surface area contributed by atoms with Gasteiger partial charge in [-0.2, -0.15) is 5.26 Å². The number of nitrogens with one attached hydrogen (secondary N) is 1. The highest BCUT2D eigenvalue weighted by atomic mass is 35.5. The number of hydrogen-bond acceptors (Lipinski definition) is 3. The van der Waals surface area contributed by atoms with E-state index in [9.17, 15) is 4.39 Å². The van der Waals surface area contributed by atoms with Crippen LogP contribution < -0.4 is 5.32 Å². The molecule has 0 aliphatic rings. The van der Waals surface area contributed by atoms with Crippen LogP contribution >= 0.6 is 22.9 Å². The lowest BCUT2D eigenvalue weighted by Gasteiger charge is -2.11. The second kappa shape index (κ2) is 5.96. The van der Waals surface area contributed by atoms with Gasteiger partial charge in [-0.1, -0.05) is 23.7 Å². The second-order valence-corrected chi connectivity index (χ2v) is 5.14. The van der Waals surface area contributed by atoms with Crippen molar-refractivity contribution in [2.75, 3.05) is 0 Å². The minimum atomic E-state index is -0.495. The molecule has 0 fully saturated rings. The molecule has 0 bridgehead atoms.